The van der Waals surface area contributed by atoms with E-state index in [9.17, 15) is 12.8 Å². The molecule has 4 nitrogen and oxygen atoms in total. The fraction of sp³-hybridized carbons (Fsp3) is 0.600. The topological polar surface area (TPSA) is 63.4 Å². The average molecular weight is 314 g/mol. The van der Waals surface area contributed by atoms with E-state index in [1.165, 1.54) is 18.2 Å². The molecule has 1 aromatic carbocycles. The van der Waals surface area contributed by atoms with Gasteiger partial charge < -0.3 is 5.73 Å². The third-order valence-corrected chi connectivity index (χ3v) is 5.99. The molecule has 118 valence electrons. The lowest BCUT2D eigenvalue weighted by Crippen LogP contribution is -2.43. The van der Waals surface area contributed by atoms with Crippen molar-refractivity contribution in [1.82, 2.24) is 4.31 Å². The maximum absolute atomic E-state index is 13.5. The van der Waals surface area contributed by atoms with E-state index in [1.807, 2.05) is 0 Å². The summed E-state index contributed by atoms with van der Waals surface area (Å²) in [6.45, 7) is 2.60. The Morgan fingerprint density at radius 1 is 1.38 bits per heavy atom. The second kappa shape index (κ2) is 6.85. The van der Waals surface area contributed by atoms with Crippen molar-refractivity contribution in [1.29, 1.82) is 0 Å². The zero-order valence-corrected chi connectivity index (χ0v) is 13.2. The van der Waals surface area contributed by atoms with Crippen LogP contribution in [0, 0.1) is 5.82 Å². The third-order valence-electron chi connectivity index (χ3n) is 4.04. The molecule has 1 fully saturated rings. The van der Waals surface area contributed by atoms with E-state index in [4.69, 9.17) is 5.73 Å². The molecule has 21 heavy (non-hydrogen) atoms. The fourth-order valence-corrected chi connectivity index (χ4v) is 4.69. The first kappa shape index (κ1) is 16.4. The zero-order chi connectivity index (χ0) is 15.5. The van der Waals surface area contributed by atoms with E-state index in [0.29, 0.717) is 6.54 Å². The first-order valence-corrected chi connectivity index (χ1v) is 8.95. The smallest absolute Gasteiger partial charge is 0.243 e. The van der Waals surface area contributed by atoms with Crippen molar-refractivity contribution in [2.24, 2.45) is 5.73 Å². The molecule has 1 aliphatic rings. The lowest BCUT2D eigenvalue weighted by Gasteiger charge is -2.34. The van der Waals surface area contributed by atoms with Gasteiger partial charge in [-0.3, -0.25) is 0 Å². The number of hydrogen-bond acceptors (Lipinski definition) is 3. The predicted molar refractivity (Wildman–Crippen MR) is 80.7 cm³/mol. The van der Waals surface area contributed by atoms with Crippen LogP contribution in [0.15, 0.2) is 23.1 Å². The molecular formula is C15H23FN2O2S. The second-order valence-corrected chi connectivity index (χ2v) is 7.40. The number of benzene rings is 1. The van der Waals surface area contributed by atoms with E-state index in [0.717, 1.165) is 32.1 Å². The number of hydrogen-bond donors (Lipinski definition) is 1. The van der Waals surface area contributed by atoms with Crippen molar-refractivity contribution in [2.45, 2.75) is 56.5 Å². The summed E-state index contributed by atoms with van der Waals surface area (Å²) >= 11 is 0. The van der Waals surface area contributed by atoms with E-state index >= 15 is 0 Å². The number of nitrogens with zero attached hydrogens (tertiary/aromatic N) is 1. The molecule has 1 atom stereocenters. The van der Waals surface area contributed by atoms with Gasteiger partial charge in [-0.2, -0.15) is 4.31 Å². The highest BCUT2D eigenvalue weighted by atomic mass is 32.2. The Labute approximate surface area is 126 Å². The van der Waals surface area contributed by atoms with Crippen LogP contribution in [0.5, 0.6) is 0 Å². The molecule has 0 saturated carbocycles. The zero-order valence-electron chi connectivity index (χ0n) is 12.4. The monoisotopic (exact) mass is 314 g/mol. The Morgan fingerprint density at radius 2 is 2.14 bits per heavy atom. The van der Waals surface area contributed by atoms with Crippen LogP contribution in [0.3, 0.4) is 0 Å². The Hall–Kier alpha value is -0.980. The van der Waals surface area contributed by atoms with Crippen molar-refractivity contribution < 1.29 is 12.8 Å². The quantitative estimate of drug-likeness (QED) is 0.908. The van der Waals surface area contributed by atoms with Crippen molar-refractivity contribution in [3.8, 4) is 0 Å². The van der Waals surface area contributed by atoms with E-state index in [1.54, 1.807) is 4.31 Å². The normalized spacial score (nSPS) is 20.6. The Bertz CT molecular complexity index is 587. The molecule has 1 aliphatic heterocycles. The molecule has 1 heterocycles. The van der Waals surface area contributed by atoms with Gasteiger partial charge in [-0.15, -0.1) is 0 Å². The number of piperidine rings is 1. The van der Waals surface area contributed by atoms with Crippen LogP contribution in [0.25, 0.3) is 0 Å². The van der Waals surface area contributed by atoms with Gasteiger partial charge in [-0.1, -0.05) is 19.8 Å². The van der Waals surface area contributed by atoms with Gasteiger partial charge >= 0.3 is 0 Å². The third kappa shape index (κ3) is 3.44. The molecule has 2 rings (SSSR count). The van der Waals surface area contributed by atoms with Crippen LogP contribution in [-0.4, -0.2) is 25.3 Å². The van der Waals surface area contributed by atoms with Crippen molar-refractivity contribution >= 4 is 10.0 Å². The van der Waals surface area contributed by atoms with Gasteiger partial charge in [-0.05, 0) is 37.5 Å². The predicted octanol–water partition coefficient (Wildman–Crippen LogP) is 2.63. The summed E-state index contributed by atoms with van der Waals surface area (Å²) in [5.74, 6) is -0.458. The van der Waals surface area contributed by atoms with E-state index in [2.05, 4.69) is 6.92 Å². The van der Waals surface area contributed by atoms with Crippen LogP contribution < -0.4 is 5.73 Å². The van der Waals surface area contributed by atoms with Gasteiger partial charge in [0.05, 0.1) is 4.90 Å². The highest BCUT2D eigenvalue weighted by molar-refractivity contribution is 7.89. The van der Waals surface area contributed by atoms with Crippen LogP contribution in [-0.2, 0) is 16.6 Å². The Balaban J connectivity index is 2.35. The summed E-state index contributed by atoms with van der Waals surface area (Å²) in [5.41, 5.74) is 5.70. The summed E-state index contributed by atoms with van der Waals surface area (Å²) in [5, 5.41) is 0. The highest BCUT2D eigenvalue weighted by Crippen LogP contribution is 2.28. The molecule has 0 aliphatic carbocycles. The van der Waals surface area contributed by atoms with Gasteiger partial charge in [-0.25, -0.2) is 12.8 Å². The minimum Gasteiger partial charge on any atom is -0.326 e. The molecule has 1 unspecified atom stereocenters. The maximum Gasteiger partial charge on any atom is 0.243 e. The van der Waals surface area contributed by atoms with Gasteiger partial charge in [0.15, 0.2) is 0 Å². The molecule has 0 aromatic heterocycles. The average Bonchev–Trinajstić information content (AvgIpc) is 2.48. The lowest BCUT2D eigenvalue weighted by atomic mass is 10.0. The lowest BCUT2D eigenvalue weighted by molar-refractivity contribution is 0.239. The van der Waals surface area contributed by atoms with Crippen LogP contribution in [0.2, 0.25) is 0 Å². The minimum absolute atomic E-state index is 0.00637. The first-order chi connectivity index (χ1) is 10.0. The highest BCUT2D eigenvalue weighted by Gasteiger charge is 2.33. The molecule has 0 radical (unpaired) electrons. The molecule has 0 spiro atoms. The van der Waals surface area contributed by atoms with E-state index in [-0.39, 0.29) is 23.0 Å². The Morgan fingerprint density at radius 3 is 2.81 bits per heavy atom. The van der Waals surface area contributed by atoms with Crippen LogP contribution in [0.4, 0.5) is 4.39 Å². The minimum atomic E-state index is -3.57. The van der Waals surface area contributed by atoms with Crippen molar-refractivity contribution in [2.75, 3.05) is 6.54 Å². The summed E-state index contributed by atoms with van der Waals surface area (Å²) in [6, 6.07) is 3.94. The van der Waals surface area contributed by atoms with E-state index < -0.39 is 15.8 Å². The number of rotatable bonds is 5. The standard InChI is InChI=1S/C15H23FN2O2S/c1-2-5-13-6-3-4-9-18(13)21(19,20)14-7-8-15(16)12(10-14)11-17/h7-8,10,13H,2-6,9,11,17H2,1H3. The van der Waals surface area contributed by atoms with Crippen molar-refractivity contribution in [3.63, 3.8) is 0 Å². The molecule has 1 aromatic rings. The summed E-state index contributed by atoms with van der Waals surface area (Å²) in [6.07, 6.45) is 4.66. The largest absolute Gasteiger partial charge is 0.326 e. The summed E-state index contributed by atoms with van der Waals surface area (Å²) in [7, 11) is -3.57. The number of nitrogens with two attached hydrogens (primary N) is 1. The van der Waals surface area contributed by atoms with Crippen LogP contribution in [0.1, 0.15) is 44.6 Å². The van der Waals surface area contributed by atoms with Crippen LogP contribution >= 0.6 is 0 Å². The molecular weight excluding hydrogens is 291 g/mol. The van der Waals surface area contributed by atoms with Gasteiger partial charge in [0.25, 0.3) is 0 Å². The fourth-order valence-electron chi connectivity index (χ4n) is 2.92. The summed E-state index contributed by atoms with van der Waals surface area (Å²) in [4.78, 5) is 0.146. The molecule has 6 heteroatoms. The first-order valence-electron chi connectivity index (χ1n) is 7.51. The maximum atomic E-state index is 13.5. The van der Waals surface area contributed by atoms with Gasteiger partial charge in [0, 0.05) is 24.7 Å². The van der Waals surface area contributed by atoms with Gasteiger partial charge in [0.2, 0.25) is 10.0 Å². The number of halogens is 1. The SMILES string of the molecule is CCCC1CCCCN1S(=O)(=O)c1ccc(F)c(CN)c1. The second-order valence-electron chi connectivity index (χ2n) is 5.51. The van der Waals surface area contributed by atoms with Crippen molar-refractivity contribution in [3.05, 3.63) is 29.6 Å². The molecule has 0 bridgehead atoms. The van der Waals surface area contributed by atoms with Gasteiger partial charge in [0.1, 0.15) is 5.82 Å². The Kier molecular flexibility index (Phi) is 5.35. The summed E-state index contributed by atoms with van der Waals surface area (Å²) < 4.78 is 40.7. The number of sulfonamides is 1. The molecule has 2 N–H and O–H groups in total. The molecule has 0 amide bonds. The molecule has 1 saturated heterocycles.